The van der Waals surface area contributed by atoms with E-state index in [1.807, 2.05) is 0 Å². The van der Waals surface area contributed by atoms with Crippen molar-refractivity contribution in [3.63, 3.8) is 0 Å². The van der Waals surface area contributed by atoms with E-state index >= 15 is 0 Å². The normalized spacial score (nSPS) is 21.4. The van der Waals surface area contributed by atoms with E-state index in [0.717, 1.165) is 63.4 Å². The first-order valence-corrected chi connectivity index (χ1v) is 10.0. The Morgan fingerprint density at radius 3 is 2.48 bits per heavy atom. The monoisotopic (exact) mass is 374 g/mol. The number of nitrogens with two attached hydrogens (primary N) is 1. The number of halogens is 2. The van der Waals surface area contributed by atoms with Gasteiger partial charge >= 0.3 is 0 Å². The number of piperidine rings is 1. The highest BCUT2D eigenvalue weighted by atomic mass is 19.1. The molecule has 1 aromatic heterocycles. The second-order valence-electron chi connectivity index (χ2n) is 8.01. The van der Waals surface area contributed by atoms with Gasteiger partial charge in [-0.2, -0.15) is 5.10 Å². The third-order valence-corrected chi connectivity index (χ3v) is 6.11. The number of aromatic nitrogens is 2. The number of nitrogens with zero attached hydrogens (tertiary/aromatic N) is 3. The van der Waals surface area contributed by atoms with Gasteiger partial charge in [0.15, 0.2) is 0 Å². The van der Waals surface area contributed by atoms with Crippen LogP contribution in [0.5, 0.6) is 0 Å². The summed E-state index contributed by atoms with van der Waals surface area (Å²) in [5.41, 5.74) is 9.59. The molecule has 1 unspecified atom stereocenters. The second kappa shape index (κ2) is 7.68. The molecular weight excluding hydrogens is 346 g/mol. The summed E-state index contributed by atoms with van der Waals surface area (Å²) in [6.07, 6.45) is 6.16. The maximum atomic E-state index is 13.9. The molecule has 1 saturated heterocycles. The summed E-state index contributed by atoms with van der Waals surface area (Å²) in [7, 11) is 2.15. The molecular formula is C21H28F2N4. The molecule has 27 heavy (non-hydrogen) atoms. The van der Waals surface area contributed by atoms with E-state index in [1.54, 1.807) is 0 Å². The predicted molar refractivity (Wildman–Crippen MR) is 103 cm³/mol. The Hall–Kier alpha value is -1.79. The Morgan fingerprint density at radius 2 is 1.81 bits per heavy atom. The van der Waals surface area contributed by atoms with Crippen LogP contribution in [0.1, 0.15) is 55.3 Å². The van der Waals surface area contributed by atoms with Gasteiger partial charge in [0.05, 0.1) is 11.7 Å². The zero-order valence-electron chi connectivity index (χ0n) is 15.9. The van der Waals surface area contributed by atoms with Gasteiger partial charge in [0.1, 0.15) is 11.6 Å². The first-order valence-electron chi connectivity index (χ1n) is 10.0. The molecule has 1 aromatic carbocycles. The summed E-state index contributed by atoms with van der Waals surface area (Å²) < 4.78 is 30.0. The van der Waals surface area contributed by atoms with E-state index in [9.17, 15) is 8.78 Å². The Morgan fingerprint density at radius 1 is 1.11 bits per heavy atom. The molecule has 1 atom stereocenters. The maximum Gasteiger partial charge on any atom is 0.126 e. The summed E-state index contributed by atoms with van der Waals surface area (Å²) in [6, 6.07) is 4.08. The van der Waals surface area contributed by atoms with Gasteiger partial charge < -0.3 is 10.6 Å². The molecule has 0 amide bonds. The van der Waals surface area contributed by atoms with Gasteiger partial charge in [-0.15, -0.1) is 0 Å². The number of rotatable bonds is 4. The minimum atomic E-state index is -0.557. The fourth-order valence-electron chi connectivity index (χ4n) is 4.76. The number of hydrogen-bond donors (Lipinski definition) is 1. The fourth-order valence-corrected chi connectivity index (χ4v) is 4.76. The lowest BCUT2D eigenvalue weighted by Crippen LogP contribution is -2.32. The van der Waals surface area contributed by atoms with E-state index < -0.39 is 11.6 Å². The molecule has 1 aliphatic heterocycles. The molecule has 2 aromatic rings. The lowest BCUT2D eigenvalue weighted by molar-refractivity contribution is 0.209. The van der Waals surface area contributed by atoms with Gasteiger partial charge in [0.25, 0.3) is 0 Å². The highest BCUT2D eigenvalue weighted by Gasteiger charge is 2.32. The van der Waals surface area contributed by atoms with Crippen LogP contribution >= 0.6 is 0 Å². The van der Waals surface area contributed by atoms with Gasteiger partial charge in [0, 0.05) is 22.9 Å². The molecule has 0 radical (unpaired) electrons. The summed E-state index contributed by atoms with van der Waals surface area (Å²) >= 11 is 0. The predicted octanol–water partition coefficient (Wildman–Crippen LogP) is 3.86. The summed E-state index contributed by atoms with van der Waals surface area (Å²) in [5, 5.41) is 4.95. The molecule has 2 N–H and O–H groups in total. The smallest absolute Gasteiger partial charge is 0.126 e. The van der Waals surface area contributed by atoms with Gasteiger partial charge in [-0.05, 0) is 83.3 Å². The topological polar surface area (TPSA) is 47.1 Å². The van der Waals surface area contributed by atoms with Gasteiger partial charge in [-0.25, -0.2) is 8.78 Å². The summed E-state index contributed by atoms with van der Waals surface area (Å²) in [6.45, 7) is 2.71. The number of hydrogen-bond acceptors (Lipinski definition) is 3. The van der Waals surface area contributed by atoms with Crippen LogP contribution in [0.15, 0.2) is 18.2 Å². The van der Waals surface area contributed by atoms with E-state index in [4.69, 9.17) is 10.8 Å². The first kappa shape index (κ1) is 18.6. The number of likely N-dealkylation sites (tertiary alicyclic amines) is 1. The van der Waals surface area contributed by atoms with Gasteiger partial charge in [-0.3, -0.25) is 4.68 Å². The van der Waals surface area contributed by atoms with E-state index in [1.165, 1.54) is 23.4 Å². The fraction of sp³-hybridized carbons (Fsp3) is 0.571. The van der Waals surface area contributed by atoms with Crippen LogP contribution in [0.2, 0.25) is 0 Å². The maximum absolute atomic E-state index is 13.9. The van der Waals surface area contributed by atoms with Crippen LogP contribution in [-0.4, -0.2) is 41.4 Å². The van der Waals surface area contributed by atoms with E-state index in [-0.39, 0.29) is 0 Å². The van der Waals surface area contributed by atoms with Crippen molar-refractivity contribution in [2.24, 2.45) is 5.73 Å². The van der Waals surface area contributed by atoms with Gasteiger partial charge in [-0.1, -0.05) is 0 Å². The summed E-state index contributed by atoms with van der Waals surface area (Å²) in [5.74, 6) is -0.794. The average molecular weight is 374 g/mol. The zero-order chi connectivity index (χ0) is 19.0. The van der Waals surface area contributed by atoms with Crippen LogP contribution in [0.25, 0.3) is 11.3 Å². The van der Waals surface area contributed by atoms with Crippen molar-refractivity contribution in [3.05, 3.63) is 41.1 Å². The largest absolute Gasteiger partial charge is 0.330 e. The van der Waals surface area contributed by atoms with Crippen LogP contribution in [0, 0.1) is 11.6 Å². The van der Waals surface area contributed by atoms with Crippen molar-refractivity contribution in [2.75, 3.05) is 26.7 Å². The lowest BCUT2D eigenvalue weighted by Gasteiger charge is -2.31. The Bertz CT molecular complexity index is 789. The lowest BCUT2D eigenvalue weighted by atomic mass is 9.82. The summed E-state index contributed by atoms with van der Waals surface area (Å²) in [4.78, 5) is 2.34. The SMILES string of the molecule is CN1CCC(n2nc(-c3cc(F)cc(F)c3)c3c2CCCC3CCN)CC1. The van der Waals surface area contributed by atoms with Gasteiger partial charge in [0.2, 0.25) is 0 Å². The van der Waals surface area contributed by atoms with Crippen LogP contribution < -0.4 is 5.73 Å². The standard InChI is InChI=1S/C21H28F2N4/c1-26-9-6-18(7-10-26)27-19-4-2-3-14(5-8-24)20(19)21(25-27)15-11-16(22)13-17(23)12-15/h11-14,18H,2-10,24H2,1H3. The highest BCUT2D eigenvalue weighted by molar-refractivity contribution is 5.66. The van der Waals surface area contributed by atoms with Crippen molar-refractivity contribution < 1.29 is 8.78 Å². The third-order valence-electron chi connectivity index (χ3n) is 6.11. The number of fused-ring (bicyclic) bond motifs is 1. The third kappa shape index (κ3) is 3.65. The van der Waals surface area contributed by atoms with Crippen LogP contribution in [-0.2, 0) is 6.42 Å². The molecule has 146 valence electrons. The Kier molecular flexibility index (Phi) is 5.28. The van der Waals surface area contributed by atoms with E-state index in [2.05, 4.69) is 16.6 Å². The first-order chi connectivity index (χ1) is 13.1. The quantitative estimate of drug-likeness (QED) is 0.884. The van der Waals surface area contributed by atoms with Crippen molar-refractivity contribution in [3.8, 4) is 11.3 Å². The molecule has 1 fully saturated rings. The van der Waals surface area contributed by atoms with Crippen molar-refractivity contribution >= 4 is 0 Å². The number of benzene rings is 1. The second-order valence-corrected chi connectivity index (χ2v) is 8.01. The molecule has 4 nitrogen and oxygen atoms in total. The molecule has 2 aliphatic rings. The minimum Gasteiger partial charge on any atom is -0.330 e. The molecule has 1 aliphatic carbocycles. The van der Waals surface area contributed by atoms with Crippen molar-refractivity contribution in [1.29, 1.82) is 0 Å². The molecule has 6 heteroatoms. The highest BCUT2D eigenvalue weighted by Crippen LogP contribution is 2.42. The van der Waals surface area contributed by atoms with Crippen LogP contribution in [0.4, 0.5) is 8.78 Å². The molecule has 4 rings (SSSR count). The van der Waals surface area contributed by atoms with E-state index in [0.29, 0.717) is 24.1 Å². The molecule has 0 spiro atoms. The Balaban J connectivity index is 1.82. The molecule has 0 saturated carbocycles. The molecule has 2 heterocycles. The zero-order valence-corrected chi connectivity index (χ0v) is 15.9. The minimum absolute atomic E-state index is 0.320. The van der Waals surface area contributed by atoms with Crippen molar-refractivity contribution in [2.45, 2.75) is 50.5 Å². The Labute approximate surface area is 159 Å². The average Bonchev–Trinajstić information content (AvgIpc) is 3.03. The molecule has 0 bridgehead atoms. The van der Waals surface area contributed by atoms with Crippen molar-refractivity contribution in [1.82, 2.24) is 14.7 Å². The van der Waals surface area contributed by atoms with Crippen LogP contribution in [0.3, 0.4) is 0 Å².